The molecule has 0 aliphatic heterocycles. The van der Waals surface area contributed by atoms with Gasteiger partial charge in [-0.25, -0.2) is 14.6 Å². The number of imidazole rings is 1. The Morgan fingerprint density at radius 1 is 0.806 bits per heavy atom. The summed E-state index contributed by atoms with van der Waals surface area (Å²) in [6.07, 6.45) is 1.31. The van der Waals surface area contributed by atoms with Crippen molar-refractivity contribution in [2.24, 2.45) is 0 Å². The molecule has 0 spiro atoms. The molecule has 3 aromatic carbocycles. The first-order chi connectivity index (χ1) is 14.9. The van der Waals surface area contributed by atoms with Crippen LogP contribution in [0.25, 0.3) is 11.0 Å². The standard InChI is InChI=1S/C21H15Br2N5O3/c22-12-5-1-3-7-14(12)25-20(30)26-16-9-10-17-18(19(16)29)24-11-28(17)21(31)27-15-8-4-2-6-13(15)23/h1-11,29H,(H,27,31)(H2,25,26,30). The molecule has 10 heteroatoms. The minimum atomic E-state index is -0.535. The lowest BCUT2D eigenvalue weighted by molar-refractivity contribution is 0.254. The third kappa shape index (κ3) is 4.39. The number of para-hydroxylation sites is 2. The van der Waals surface area contributed by atoms with E-state index in [0.29, 0.717) is 16.9 Å². The highest BCUT2D eigenvalue weighted by molar-refractivity contribution is 9.11. The molecular formula is C21H15Br2N5O3. The van der Waals surface area contributed by atoms with Crippen LogP contribution in [0, 0.1) is 0 Å². The monoisotopic (exact) mass is 543 g/mol. The van der Waals surface area contributed by atoms with E-state index in [1.165, 1.54) is 17.0 Å². The molecular weight excluding hydrogens is 530 g/mol. The Bertz CT molecular complexity index is 1310. The van der Waals surface area contributed by atoms with Crippen LogP contribution in [-0.2, 0) is 0 Å². The van der Waals surface area contributed by atoms with Crippen molar-refractivity contribution in [1.29, 1.82) is 0 Å². The molecule has 4 aromatic rings. The highest BCUT2D eigenvalue weighted by Gasteiger charge is 2.17. The van der Waals surface area contributed by atoms with Crippen LogP contribution in [-0.4, -0.2) is 26.7 Å². The van der Waals surface area contributed by atoms with Crippen molar-refractivity contribution in [2.45, 2.75) is 0 Å². The van der Waals surface area contributed by atoms with Crippen LogP contribution in [0.2, 0.25) is 0 Å². The predicted octanol–water partition coefficient (Wildman–Crippen LogP) is 5.99. The SMILES string of the molecule is O=C(Nc1ccccc1Br)Nc1ccc2c(ncn2C(=O)Nc2ccccc2Br)c1O. The van der Waals surface area contributed by atoms with Crippen molar-refractivity contribution in [3.8, 4) is 5.75 Å². The average molecular weight is 545 g/mol. The molecule has 0 bridgehead atoms. The number of phenolic OH excluding ortho intramolecular Hbond substituents is 1. The average Bonchev–Trinajstić information content (AvgIpc) is 3.18. The minimum Gasteiger partial charge on any atom is -0.504 e. The van der Waals surface area contributed by atoms with Gasteiger partial charge in [-0.05, 0) is 68.3 Å². The molecule has 4 N–H and O–H groups in total. The smallest absolute Gasteiger partial charge is 0.331 e. The van der Waals surface area contributed by atoms with Gasteiger partial charge in [-0.3, -0.25) is 4.57 Å². The van der Waals surface area contributed by atoms with Gasteiger partial charge in [0.05, 0.1) is 22.6 Å². The summed E-state index contributed by atoms with van der Waals surface area (Å²) in [5, 5.41) is 18.6. The molecule has 0 radical (unpaired) electrons. The highest BCUT2D eigenvalue weighted by atomic mass is 79.9. The number of nitrogens with one attached hydrogen (secondary N) is 3. The summed E-state index contributed by atoms with van der Waals surface area (Å²) in [4.78, 5) is 29.1. The fourth-order valence-corrected chi connectivity index (χ4v) is 3.68. The maximum atomic E-state index is 12.7. The number of phenols is 1. The van der Waals surface area contributed by atoms with E-state index in [4.69, 9.17) is 0 Å². The van der Waals surface area contributed by atoms with E-state index in [0.717, 1.165) is 8.95 Å². The van der Waals surface area contributed by atoms with E-state index in [1.807, 2.05) is 18.2 Å². The van der Waals surface area contributed by atoms with E-state index in [-0.39, 0.29) is 17.0 Å². The number of anilines is 3. The van der Waals surface area contributed by atoms with Crippen LogP contribution in [0.5, 0.6) is 5.75 Å². The number of hydrogen-bond acceptors (Lipinski definition) is 4. The Hall–Kier alpha value is -3.37. The first-order valence-corrected chi connectivity index (χ1v) is 10.6. The van der Waals surface area contributed by atoms with Crippen molar-refractivity contribution < 1.29 is 14.7 Å². The Labute approximate surface area is 193 Å². The number of carbonyl (C=O) groups excluding carboxylic acids is 2. The van der Waals surface area contributed by atoms with Gasteiger partial charge < -0.3 is 21.1 Å². The molecule has 1 aromatic heterocycles. The number of rotatable bonds is 3. The van der Waals surface area contributed by atoms with Crippen molar-refractivity contribution in [3.05, 3.63) is 75.9 Å². The molecule has 0 fully saturated rings. The second-order valence-corrected chi connectivity index (χ2v) is 8.12. The third-order valence-electron chi connectivity index (χ3n) is 4.40. The van der Waals surface area contributed by atoms with Crippen molar-refractivity contribution in [3.63, 3.8) is 0 Å². The molecule has 3 amide bonds. The van der Waals surface area contributed by atoms with Crippen LogP contribution in [0.4, 0.5) is 26.7 Å². The summed E-state index contributed by atoms with van der Waals surface area (Å²) < 4.78 is 2.73. The molecule has 31 heavy (non-hydrogen) atoms. The van der Waals surface area contributed by atoms with Gasteiger partial charge in [0.15, 0.2) is 5.75 Å². The highest BCUT2D eigenvalue weighted by Crippen LogP contribution is 2.32. The molecule has 0 aliphatic rings. The topological polar surface area (TPSA) is 108 Å². The van der Waals surface area contributed by atoms with Gasteiger partial charge in [0.2, 0.25) is 0 Å². The van der Waals surface area contributed by atoms with E-state index < -0.39 is 12.1 Å². The molecule has 0 saturated heterocycles. The molecule has 1 heterocycles. The molecule has 8 nitrogen and oxygen atoms in total. The fraction of sp³-hybridized carbons (Fsp3) is 0. The number of fused-ring (bicyclic) bond motifs is 1. The summed E-state index contributed by atoms with van der Waals surface area (Å²) in [5.74, 6) is -0.243. The summed E-state index contributed by atoms with van der Waals surface area (Å²) in [7, 11) is 0. The Morgan fingerprint density at radius 2 is 1.39 bits per heavy atom. The van der Waals surface area contributed by atoms with Crippen LogP contribution in [0.1, 0.15) is 0 Å². The van der Waals surface area contributed by atoms with Gasteiger partial charge in [-0.2, -0.15) is 0 Å². The minimum absolute atomic E-state index is 0.161. The van der Waals surface area contributed by atoms with Crippen LogP contribution < -0.4 is 16.0 Å². The number of aromatic nitrogens is 2. The molecule has 0 unspecified atom stereocenters. The zero-order chi connectivity index (χ0) is 22.0. The quantitative estimate of drug-likeness (QED) is 0.237. The summed E-state index contributed by atoms with van der Waals surface area (Å²) in [6, 6.07) is 16.5. The maximum absolute atomic E-state index is 12.7. The number of hydrogen-bond donors (Lipinski definition) is 4. The van der Waals surface area contributed by atoms with Gasteiger partial charge in [0, 0.05) is 8.95 Å². The Morgan fingerprint density at radius 3 is 2.03 bits per heavy atom. The predicted molar refractivity (Wildman–Crippen MR) is 127 cm³/mol. The van der Waals surface area contributed by atoms with Gasteiger partial charge in [0.25, 0.3) is 0 Å². The number of urea groups is 1. The molecule has 4 rings (SSSR count). The van der Waals surface area contributed by atoms with Crippen LogP contribution in [0.3, 0.4) is 0 Å². The lowest BCUT2D eigenvalue weighted by Crippen LogP contribution is -2.20. The maximum Gasteiger partial charge on any atom is 0.331 e. The van der Waals surface area contributed by atoms with Crippen LogP contribution >= 0.6 is 31.9 Å². The van der Waals surface area contributed by atoms with Gasteiger partial charge >= 0.3 is 12.1 Å². The number of nitrogens with zero attached hydrogens (tertiary/aromatic N) is 2. The second kappa shape index (κ2) is 8.78. The first kappa shape index (κ1) is 20.9. The number of amides is 3. The van der Waals surface area contributed by atoms with Gasteiger partial charge in [-0.15, -0.1) is 0 Å². The molecule has 0 aliphatic carbocycles. The fourth-order valence-electron chi connectivity index (χ4n) is 2.91. The largest absolute Gasteiger partial charge is 0.504 e. The zero-order valence-corrected chi connectivity index (χ0v) is 18.9. The van der Waals surface area contributed by atoms with Crippen LogP contribution in [0.15, 0.2) is 75.9 Å². The Kier molecular flexibility index (Phi) is 5.92. The number of aromatic hydroxyl groups is 1. The van der Waals surface area contributed by atoms with Gasteiger partial charge in [-0.1, -0.05) is 24.3 Å². The second-order valence-electron chi connectivity index (χ2n) is 6.41. The number of carbonyl (C=O) groups is 2. The molecule has 156 valence electrons. The van der Waals surface area contributed by atoms with E-state index in [9.17, 15) is 14.7 Å². The number of halogens is 2. The molecule has 0 saturated carbocycles. The van der Waals surface area contributed by atoms with E-state index >= 15 is 0 Å². The summed E-state index contributed by atoms with van der Waals surface area (Å²) in [5.41, 5.74) is 1.91. The van der Waals surface area contributed by atoms with Crippen molar-refractivity contribution in [1.82, 2.24) is 9.55 Å². The van der Waals surface area contributed by atoms with E-state index in [2.05, 4.69) is 52.8 Å². The third-order valence-corrected chi connectivity index (χ3v) is 5.78. The summed E-state index contributed by atoms with van der Waals surface area (Å²) in [6.45, 7) is 0. The normalized spacial score (nSPS) is 10.6. The Balaban J connectivity index is 1.55. The van der Waals surface area contributed by atoms with Crippen molar-refractivity contribution in [2.75, 3.05) is 16.0 Å². The van der Waals surface area contributed by atoms with Gasteiger partial charge in [0.1, 0.15) is 11.8 Å². The lowest BCUT2D eigenvalue weighted by atomic mass is 10.2. The number of benzene rings is 3. The van der Waals surface area contributed by atoms with Crippen molar-refractivity contribution >= 4 is 72.0 Å². The molecule has 0 atom stereocenters. The van der Waals surface area contributed by atoms with E-state index in [1.54, 1.807) is 36.4 Å². The zero-order valence-electron chi connectivity index (χ0n) is 15.8. The summed E-state index contributed by atoms with van der Waals surface area (Å²) >= 11 is 6.74. The first-order valence-electron chi connectivity index (χ1n) is 9.01. The lowest BCUT2D eigenvalue weighted by Gasteiger charge is -2.11.